The third-order valence-electron chi connectivity index (χ3n) is 1.58. The molecule has 0 unspecified atom stereocenters. The van der Waals surface area contributed by atoms with Crippen molar-refractivity contribution in [3.05, 3.63) is 32.9 Å². The van der Waals surface area contributed by atoms with E-state index in [-0.39, 0.29) is 16.5 Å². The van der Waals surface area contributed by atoms with Crippen LogP contribution in [0.3, 0.4) is 0 Å². The highest BCUT2D eigenvalue weighted by Crippen LogP contribution is 2.29. The first-order valence-electron chi connectivity index (χ1n) is 3.62. The van der Waals surface area contributed by atoms with E-state index >= 15 is 0 Å². The predicted octanol–water partition coefficient (Wildman–Crippen LogP) is 3.13. The molecule has 0 aliphatic rings. The molecule has 6 heteroatoms. The van der Waals surface area contributed by atoms with Gasteiger partial charge in [-0.05, 0) is 12.1 Å². The van der Waals surface area contributed by atoms with Crippen molar-refractivity contribution in [2.75, 3.05) is 0 Å². The van der Waals surface area contributed by atoms with Crippen molar-refractivity contribution in [2.24, 2.45) is 0 Å². The summed E-state index contributed by atoms with van der Waals surface area (Å²) in [6.45, 7) is 0. The Balaban J connectivity index is 2.61. The molecule has 0 amide bonds. The zero-order valence-electron chi connectivity index (χ0n) is 6.67. The lowest BCUT2D eigenvalue weighted by Crippen LogP contribution is -1.85. The summed E-state index contributed by atoms with van der Waals surface area (Å²) in [7, 11) is 0. The van der Waals surface area contributed by atoms with Gasteiger partial charge in [0.1, 0.15) is 5.82 Å². The van der Waals surface area contributed by atoms with E-state index in [0.717, 1.165) is 0 Å². The van der Waals surface area contributed by atoms with Crippen LogP contribution < -0.4 is 0 Å². The van der Waals surface area contributed by atoms with Crippen molar-refractivity contribution >= 4 is 34.2 Å². The number of halogens is 3. The van der Waals surface area contributed by atoms with Crippen LogP contribution in [0, 0.1) is 9.65 Å². The molecule has 14 heavy (non-hydrogen) atoms. The van der Waals surface area contributed by atoms with Gasteiger partial charge >= 0.3 is 0 Å². The van der Waals surface area contributed by atoms with Gasteiger partial charge in [0.25, 0.3) is 5.89 Å². The zero-order valence-corrected chi connectivity index (χ0v) is 9.58. The molecule has 2 rings (SSSR count). The van der Waals surface area contributed by atoms with Crippen molar-refractivity contribution in [3.8, 4) is 11.5 Å². The largest absolute Gasteiger partial charge is 0.333 e. The van der Waals surface area contributed by atoms with Crippen LogP contribution in [0.5, 0.6) is 0 Å². The maximum Gasteiger partial charge on any atom is 0.263 e. The Morgan fingerprint density at radius 2 is 2.21 bits per heavy atom. The summed E-state index contributed by atoms with van der Waals surface area (Å²) in [6.07, 6.45) is 0. The Morgan fingerprint density at radius 3 is 2.79 bits per heavy atom. The lowest BCUT2D eigenvalue weighted by molar-refractivity contribution is 0.423. The van der Waals surface area contributed by atoms with Crippen molar-refractivity contribution in [1.82, 2.24) is 10.1 Å². The summed E-state index contributed by atoms with van der Waals surface area (Å²) in [5.41, 5.74) is 0.143. The number of aromatic nitrogens is 2. The zero-order chi connectivity index (χ0) is 10.1. The summed E-state index contributed by atoms with van der Waals surface area (Å²) < 4.78 is 18.6. The summed E-state index contributed by atoms with van der Waals surface area (Å²) in [4.78, 5) is 3.89. The molecule has 0 N–H and O–H groups in total. The second kappa shape index (κ2) is 3.82. The predicted molar refractivity (Wildman–Crippen MR) is 57.4 cm³/mol. The number of hydrogen-bond donors (Lipinski definition) is 0. The van der Waals surface area contributed by atoms with Crippen LogP contribution in [0.4, 0.5) is 4.39 Å². The lowest BCUT2D eigenvalue weighted by atomic mass is 10.2. The van der Waals surface area contributed by atoms with Crippen molar-refractivity contribution in [1.29, 1.82) is 0 Å². The molecule has 0 aliphatic heterocycles. The van der Waals surface area contributed by atoms with Gasteiger partial charge in [0, 0.05) is 22.6 Å². The van der Waals surface area contributed by atoms with Crippen LogP contribution in [-0.4, -0.2) is 10.1 Å². The Labute approximate surface area is 97.4 Å². The highest BCUT2D eigenvalue weighted by Gasteiger charge is 2.15. The van der Waals surface area contributed by atoms with E-state index in [0.29, 0.717) is 3.83 Å². The molecular formula is C8H3ClFIN2O. The van der Waals surface area contributed by atoms with E-state index in [1.54, 1.807) is 6.07 Å². The van der Waals surface area contributed by atoms with Crippen LogP contribution in [0.25, 0.3) is 11.5 Å². The molecule has 3 nitrogen and oxygen atoms in total. The summed E-state index contributed by atoms with van der Waals surface area (Å²) >= 11 is 7.67. The Kier molecular flexibility index (Phi) is 2.69. The highest BCUT2D eigenvalue weighted by molar-refractivity contribution is 14.1. The summed E-state index contributed by atoms with van der Waals surface area (Å²) in [5, 5.41) is 3.81. The summed E-state index contributed by atoms with van der Waals surface area (Å²) in [6, 6.07) is 4.37. The van der Waals surface area contributed by atoms with Gasteiger partial charge < -0.3 is 4.52 Å². The van der Waals surface area contributed by atoms with E-state index < -0.39 is 5.82 Å². The number of rotatable bonds is 1. The fourth-order valence-electron chi connectivity index (χ4n) is 1.01. The first-order valence-corrected chi connectivity index (χ1v) is 5.08. The van der Waals surface area contributed by atoms with Crippen molar-refractivity contribution < 1.29 is 8.91 Å². The molecule has 1 aromatic carbocycles. The number of benzene rings is 1. The van der Waals surface area contributed by atoms with Gasteiger partial charge in [-0.25, -0.2) is 4.39 Å². The fourth-order valence-corrected chi connectivity index (χ4v) is 1.57. The van der Waals surface area contributed by atoms with Crippen LogP contribution in [-0.2, 0) is 0 Å². The minimum absolute atomic E-state index is 0.0949. The third-order valence-corrected chi connectivity index (χ3v) is 2.33. The van der Waals surface area contributed by atoms with Crippen LogP contribution in [0.2, 0.25) is 5.02 Å². The van der Waals surface area contributed by atoms with E-state index in [1.165, 1.54) is 12.1 Å². The molecule has 0 bridgehead atoms. The molecule has 0 saturated carbocycles. The van der Waals surface area contributed by atoms with E-state index in [4.69, 9.17) is 16.1 Å². The molecule has 0 radical (unpaired) electrons. The van der Waals surface area contributed by atoms with Gasteiger partial charge in [-0.3, -0.25) is 0 Å². The van der Waals surface area contributed by atoms with Crippen LogP contribution >= 0.6 is 34.2 Å². The quantitative estimate of drug-likeness (QED) is 0.757. The van der Waals surface area contributed by atoms with E-state index in [9.17, 15) is 4.39 Å². The van der Waals surface area contributed by atoms with Crippen molar-refractivity contribution in [2.45, 2.75) is 0 Å². The van der Waals surface area contributed by atoms with E-state index in [1.807, 2.05) is 22.6 Å². The minimum atomic E-state index is -0.474. The maximum absolute atomic E-state index is 13.3. The molecule has 72 valence electrons. The summed E-state index contributed by atoms with van der Waals surface area (Å²) in [5.74, 6) is -0.380. The standard InChI is InChI=1S/C8H3ClFIN2O/c9-4-2-1-3-5(10)6(4)7-12-8(11)13-14-7/h1-3H. The number of hydrogen-bond acceptors (Lipinski definition) is 3. The lowest BCUT2D eigenvalue weighted by Gasteiger charge is -1.98. The average molecular weight is 324 g/mol. The van der Waals surface area contributed by atoms with Crippen molar-refractivity contribution in [3.63, 3.8) is 0 Å². The van der Waals surface area contributed by atoms with Gasteiger partial charge in [-0.1, -0.05) is 22.8 Å². The second-order valence-corrected chi connectivity index (χ2v) is 3.84. The van der Waals surface area contributed by atoms with Gasteiger partial charge in [0.05, 0.1) is 10.6 Å². The average Bonchev–Trinajstić information content (AvgIpc) is 2.51. The van der Waals surface area contributed by atoms with Crippen LogP contribution in [0.1, 0.15) is 0 Å². The molecule has 0 fully saturated rings. The number of nitrogens with zero attached hydrogens (tertiary/aromatic N) is 2. The molecule has 0 aliphatic carbocycles. The Morgan fingerprint density at radius 1 is 1.43 bits per heavy atom. The second-order valence-electron chi connectivity index (χ2n) is 2.47. The molecular weight excluding hydrogens is 321 g/mol. The molecule has 1 heterocycles. The molecule has 1 aromatic heterocycles. The Hall–Kier alpha value is -0.690. The first-order chi connectivity index (χ1) is 6.68. The fraction of sp³-hybridized carbons (Fsp3) is 0. The normalized spacial score (nSPS) is 10.5. The van der Waals surface area contributed by atoms with Crippen LogP contribution in [0.15, 0.2) is 22.7 Å². The van der Waals surface area contributed by atoms with Gasteiger partial charge in [0.2, 0.25) is 3.83 Å². The molecule has 0 spiro atoms. The highest BCUT2D eigenvalue weighted by atomic mass is 127. The minimum Gasteiger partial charge on any atom is -0.333 e. The molecule has 2 aromatic rings. The maximum atomic E-state index is 13.3. The van der Waals surface area contributed by atoms with Gasteiger partial charge in [-0.2, -0.15) is 4.98 Å². The third kappa shape index (κ3) is 1.74. The first kappa shape index (κ1) is 9.85. The Bertz CT molecular complexity index is 454. The van der Waals surface area contributed by atoms with E-state index in [2.05, 4.69) is 10.1 Å². The molecule has 0 atom stereocenters. The molecule has 0 saturated heterocycles. The monoisotopic (exact) mass is 324 g/mol. The topological polar surface area (TPSA) is 38.9 Å². The van der Waals surface area contributed by atoms with Gasteiger partial charge in [0.15, 0.2) is 0 Å². The van der Waals surface area contributed by atoms with Gasteiger partial charge in [-0.15, -0.1) is 0 Å². The SMILES string of the molecule is Fc1cccc(Cl)c1-c1nc(I)no1. The smallest absolute Gasteiger partial charge is 0.263 e.